The summed E-state index contributed by atoms with van der Waals surface area (Å²) in [7, 11) is -3.45. The van der Waals surface area contributed by atoms with Crippen molar-refractivity contribution in [3.05, 3.63) is 54.3 Å². The van der Waals surface area contributed by atoms with Crippen molar-refractivity contribution in [3.63, 3.8) is 0 Å². The van der Waals surface area contributed by atoms with E-state index in [-0.39, 0.29) is 46.3 Å². The Morgan fingerprint density at radius 2 is 1.96 bits per heavy atom. The van der Waals surface area contributed by atoms with E-state index in [0.29, 0.717) is 0 Å². The quantitative estimate of drug-likeness (QED) is 0.0951. The number of rotatable bonds is 13. The van der Waals surface area contributed by atoms with Crippen LogP contribution in [0.25, 0.3) is 0 Å². The zero-order valence-electron chi connectivity index (χ0n) is 24.2. The minimum atomic E-state index is -4.76. The van der Waals surface area contributed by atoms with Gasteiger partial charge in [-0.3, -0.25) is 28.2 Å². The van der Waals surface area contributed by atoms with E-state index in [1.165, 1.54) is 26.3 Å². The molecule has 0 spiro atoms. The highest BCUT2D eigenvalue weighted by molar-refractivity contribution is 7.47. The van der Waals surface area contributed by atoms with Gasteiger partial charge in [-0.25, -0.2) is 9.36 Å². The molecule has 1 amide bonds. The molecule has 0 aliphatic carbocycles. The average Bonchev–Trinajstić information content (AvgIpc) is 3.55. The van der Waals surface area contributed by atoms with Gasteiger partial charge in [0.25, 0.3) is 5.56 Å². The number of aromatic hydroxyl groups is 1. The number of aromatic nitrogens is 2. The first-order chi connectivity index (χ1) is 21.7. The Kier molecular flexibility index (Phi) is 11.9. The molecule has 254 valence electrons. The lowest BCUT2D eigenvalue weighted by Gasteiger charge is -2.20. The van der Waals surface area contributed by atoms with Gasteiger partial charge in [-0.1, -0.05) is 28.4 Å². The summed E-state index contributed by atoms with van der Waals surface area (Å²) in [6, 6.07) is 1.30. The summed E-state index contributed by atoms with van der Waals surface area (Å²) in [6.07, 6.45) is -3.86. The summed E-state index contributed by atoms with van der Waals surface area (Å²) < 4.78 is 39.4. The average molecular weight is 713 g/mol. The summed E-state index contributed by atoms with van der Waals surface area (Å²) >= 11 is 12.4. The third-order valence-corrected chi connectivity index (χ3v) is 8.55. The van der Waals surface area contributed by atoms with E-state index < -0.39 is 80.9 Å². The number of nitrogens with one attached hydrogen (secondary N) is 2. The van der Waals surface area contributed by atoms with Crippen LogP contribution in [0.2, 0.25) is 10.0 Å². The van der Waals surface area contributed by atoms with E-state index in [4.69, 9.17) is 51.3 Å². The smallest absolute Gasteiger partial charge is 0.472 e. The van der Waals surface area contributed by atoms with Gasteiger partial charge in [0, 0.05) is 50.1 Å². The molecule has 0 saturated carbocycles. The number of phosphoric ester groups is 1. The summed E-state index contributed by atoms with van der Waals surface area (Å²) in [5.74, 6) is -1.59. The van der Waals surface area contributed by atoms with Gasteiger partial charge in [-0.05, 0) is 0 Å². The van der Waals surface area contributed by atoms with Crippen LogP contribution in [0.3, 0.4) is 0 Å². The molecular weight excluding hydrogens is 682 g/mol. The second-order valence-corrected chi connectivity index (χ2v) is 12.4. The largest absolute Gasteiger partial charge is 0.503 e. The van der Waals surface area contributed by atoms with Crippen molar-refractivity contribution in [2.45, 2.75) is 57.3 Å². The van der Waals surface area contributed by atoms with Crippen molar-refractivity contribution in [2.75, 3.05) is 20.3 Å². The number of phenolic OH excluding ortho intramolecular Hbond substituents is 1. The maximum atomic E-state index is 12.7. The van der Waals surface area contributed by atoms with Crippen LogP contribution in [-0.2, 0) is 39.3 Å². The van der Waals surface area contributed by atoms with Crippen LogP contribution < -0.4 is 21.3 Å². The fraction of sp³-hybridized carbons (Fsp3) is 0.520. The number of nitrogens with zero attached hydrogens (tertiary/aromatic N) is 2. The van der Waals surface area contributed by atoms with Crippen LogP contribution in [0.5, 0.6) is 11.5 Å². The Labute approximate surface area is 269 Å². The summed E-state index contributed by atoms with van der Waals surface area (Å²) in [5.41, 5.74) is -1.48. The highest BCUT2D eigenvalue weighted by Crippen LogP contribution is 2.46. The third kappa shape index (κ3) is 8.86. The van der Waals surface area contributed by atoms with Gasteiger partial charge in [0.15, 0.2) is 30.2 Å². The fourth-order valence-electron chi connectivity index (χ4n) is 4.50. The molecule has 2 saturated heterocycles. The first-order valence-electron chi connectivity index (χ1n) is 13.5. The number of oxime groups is 1. The van der Waals surface area contributed by atoms with Crippen molar-refractivity contribution in [3.8, 4) is 11.5 Å². The fourth-order valence-corrected chi connectivity index (χ4v) is 5.83. The summed E-state index contributed by atoms with van der Waals surface area (Å²) in [6.45, 7) is -0.0436. The number of hydrogen-bond donors (Lipinski definition) is 6. The maximum absolute atomic E-state index is 12.7. The van der Waals surface area contributed by atoms with E-state index in [1.54, 1.807) is 0 Å². The molecule has 7 atom stereocenters. The Morgan fingerprint density at radius 1 is 1.24 bits per heavy atom. The van der Waals surface area contributed by atoms with Gasteiger partial charge in [0.1, 0.15) is 12.3 Å². The van der Waals surface area contributed by atoms with E-state index in [2.05, 4.69) is 15.5 Å². The van der Waals surface area contributed by atoms with Gasteiger partial charge in [-0.15, -0.1) is 0 Å². The maximum Gasteiger partial charge on any atom is 0.472 e. The number of ether oxygens (including phenoxy) is 3. The SMILES string of the molecule is COc1cc(Cl)c(/C=N/OC2C[C@H](n3cc(CNC(C)=O)c(=O)[nH]c3=O)O[C@@H]2COP(=O)(O)OCC2C[C@H](O)O[C@@H]2O)c(Cl)c1O. The molecule has 4 rings (SSSR count). The number of carbonyl (C=O) groups is 1. The van der Waals surface area contributed by atoms with Gasteiger partial charge in [0.2, 0.25) is 5.91 Å². The molecule has 46 heavy (non-hydrogen) atoms. The van der Waals surface area contributed by atoms with Gasteiger partial charge in [-0.2, -0.15) is 0 Å². The van der Waals surface area contributed by atoms with Crippen molar-refractivity contribution >= 4 is 43.1 Å². The van der Waals surface area contributed by atoms with Crippen molar-refractivity contribution in [2.24, 2.45) is 11.1 Å². The Morgan fingerprint density at radius 3 is 2.61 bits per heavy atom. The second kappa shape index (κ2) is 15.2. The molecule has 18 nitrogen and oxygen atoms in total. The predicted molar refractivity (Wildman–Crippen MR) is 157 cm³/mol. The van der Waals surface area contributed by atoms with E-state index >= 15 is 0 Å². The molecular formula is C25H31Cl2N4O14P. The number of aliphatic hydroxyl groups excluding tert-OH is 2. The molecule has 6 N–H and O–H groups in total. The standard InChI is InChI=1S/C25H31Cl2N4O14P/c1-11(32)28-6-13-8-31(25(37)30-23(13)35)19-5-16(45-29-7-14-15(26)4-17(40-2)22(34)21(14)27)18(43-19)10-42-46(38,39)41-9-12-3-20(33)44-24(12)36/h4,7-8,12,16,18-20,24,33-34,36H,3,5-6,9-10H2,1-2H3,(H,28,32)(H,38,39)(H,30,35,37)/b29-7+/t12?,16?,18-,19-,20-,24+/m1/s1. The normalized spacial score (nSPS) is 25.9. The minimum Gasteiger partial charge on any atom is -0.503 e. The van der Waals surface area contributed by atoms with Gasteiger partial charge < -0.3 is 44.6 Å². The third-order valence-electron chi connectivity index (χ3n) is 6.91. The summed E-state index contributed by atoms with van der Waals surface area (Å²) in [5, 5.41) is 35.6. The number of methoxy groups -OCH3 is 1. The monoisotopic (exact) mass is 712 g/mol. The number of aliphatic hydroxyl groups is 2. The Hall–Kier alpha value is -3.03. The zero-order chi connectivity index (χ0) is 33.8. The molecule has 2 aliphatic heterocycles. The second-order valence-electron chi connectivity index (χ2n) is 10.1. The molecule has 3 unspecified atom stereocenters. The number of hydrogen-bond acceptors (Lipinski definition) is 14. The number of H-pyrrole nitrogens is 1. The Balaban J connectivity index is 1.53. The van der Waals surface area contributed by atoms with E-state index in [0.717, 1.165) is 10.8 Å². The van der Waals surface area contributed by atoms with Crippen LogP contribution in [0.1, 0.15) is 37.1 Å². The first kappa shape index (κ1) is 35.8. The molecule has 2 aromatic rings. The lowest BCUT2D eigenvalue weighted by atomic mass is 10.1. The Bertz CT molecular complexity index is 1620. The lowest BCUT2D eigenvalue weighted by Crippen LogP contribution is -2.36. The molecule has 1 aromatic heterocycles. The van der Waals surface area contributed by atoms with Crippen molar-refractivity contribution in [1.29, 1.82) is 0 Å². The van der Waals surface area contributed by atoms with Gasteiger partial charge in [0.05, 0.1) is 42.1 Å². The zero-order valence-corrected chi connectivity index (χ0v) is 26.6. The number of phenols is 1. The van der Waals surface area contributed by atoms with Crippen molar-refractivity contribution < 1.29 is 57.7 Å². The van der Waals surface area contributed by atoms with Crippen molar-refractivity contribution in [1.82, 2.24) is 14.9 Å². The number of aromatic amines is 1. The summed E-state index contributed by atoms with van der Waals surface area (Å²) in [4.78, 5) is 54.3. The number of halogens is 2. The predicted octanol–water partition coefficient (Wildman–Crippen LogP) is 0.707. The van der Waals surface area contributed by atoms with Crippen LogP contribution in [-0.4, -0.2) is 87.0 Å². The molecule has 1 aromatic carbocycles. The lowest BCUT2D eigenvalue weighted by molar-refractivity contribution is -0.170. The molecule has 0 radical (unpaired) electrons. The number of carbonyl (C=O) groups excluding carboxylic acids is 1. The van der Waals surface area contributed by atoms with Crippen LogP contribution in [0.4, 0.5) is 0 Å². The van der Waals surface area contributed by atoms with E-state index in [9.17, 15) is 39.2 Å². The molecule has 3 heterocycles. The number of amides is 1. The van der Waals surface area contributed by atoms with Crippen LogP contribution in [0, 0.1) is 5.92 Å². The highest BCUT2D eigenvalue weighted by atomic mass is 35.5. The van der Waals surface area contributed by atoms with Crippen LogP contribution in [0.15, 0.2) is 27.0 Å². The van der Waals surface area contributed by atoms with Crippen LogP contribution >= 0.6 is 31.0 Å². The molecule has 21 heteroatoms. The number of phosphoric acid groups is 1. The number of benzene rings is 1. The van der Waals surface area contributed by atoms with Gasteiger partial charge >= 0.3 is 13.5 Å². The topological polar surface area (TPSA) is 250 Å². The molecule has 2 aliphatic rings. The molecule has 0 bridgehead atoms. The minimum absolute atomic E-state index is 0.0170. The molecule has 2 fully saturated rings. The first-order valence-corrected chi connectivity index (χ1v) is 15.8. The van der Waals surface area contributed by atoms with E-state index in [1.807, 2.05) is 0 Å². The highest BCUT2D eigenvalue weighted by Gasteiger charge is 2.41.